The van der Waals surface area contributed by atoms with Crippen molar-refractivity contribution >= 4 is 33.2 Å². The number of halogens is 1. The fourth-order valence-corrected chi connectivity index (χ4v) is 3.41. The number of sulfonamides is 1. The summed E-state index contributed by atoms with van der Waals surface area (Å²) in [7, 11) is -3.75. The Balaban J connectivity index is 2.08. The molecule has 0 radical (unpaired) electrons. The SMILES string of the molecule is Cc1cc(Cl)ccc1NC(=O)[C@H](C)NS(=O)(=O)c1ccccc1. The van der Waals surface area contributed by atoms with E-state index in [0.29, 0.717) is 10.7 Å². The molecule has 23 heavy (non-hydrogen) atoms. The van der Waals surface area contributed by atoms with E-state index >= 15 is 0 Å². The number of anilines is 1. The van der Waals surface area contributed by atoms with Crippen LogP contribution in [0.3, 0.4) is 0 Å². The molecule has 1 amide bonds. The van der Waals surface area contributed by atoms with E-state index < -0.39 is 22.0 Å². The van der Waals surface area contributed by atoms with Crippen molar-refractivity contribution in [3.8, 4) is 0 Å². The summed E-state index contributed by atoms with van der Waals surface area (Å²) in [4.78, 5) is 12.3. The number of carbonyl (C=O) groups excluding carboxylic acids is 1. The average molecular weight is 353 g/mol. The van der Waals surface area contributed by atoms with Crippen molar-refractivity contribution in [1.29, 1.82) is 0 Å². The van der Waals surface area contributed by atoms with Gasteiger partial charge in [0.15, 0.2) is 0 Å². The van der Waals surface area contributed by atoms with Crippen LogP contribution in [0.1, 0.15) is 12.5 Å². The molecule has 0 aliphatic carbocycles. The summed E-state index contributed by atoms with van der Waals surface area (Å²) in [5, 5.41) is 3.25. The van der Waals surface area contributed by atoms with Crippen LogP contribution in [-0.2, 0) is 14.8 Å². The van der Waals surface area contributed by atoms with E-state index in [9.17, 15) is 13.2 Å². The Kier molecular flexibility index (Phi) is 5.41. The lowest BCUT2D eigenvalue weighted by molar-refractivity contribution is -0.117. The molecule has 2 aromatic carbocycles. The zero-order valence-corrected chi connectivity index (χ0v) is 14.3. The maximum Gasteiger partial charge on any atom is 0.242 e. The van der Waals surface area contributed by atoms with Crippen LogP contribution in [0.5, 0.6) is 0 Å². The largest absolute Gasteiger partial charge is 0.324 e. The molecule has 0 aromatic heterocycles. The van der Waals surface area contributed by atoms with Crippen molar-refractivity contribution in [1.82, 2.24) is 4.72 Å². The highest BCUT2D eigenvalue weighted by Gasteiger charge is 2.22. The molecular weight excluding hydrogens is 336 g/mol. The van der Waals surface area contributed by atoms with E-state index in [0.717, 1.165) is 5.56 Å². The topological polar surface area (TPSA) is 75.3 Å². The molecule has 122 valence electrons. The van der Waals surface area contributed by atoms with Crippen LogP contribution in [0, 0.1) is 6.92 Å². The minimum Gasteiger partial charge on any atom is -0.324 e. The second-order valence-corrected chi connectivity index (χ2v) is 7.25. The molecule has 0 aliphatic rings. The quantitative estimate of drug-likeness (QED) is 0.868. The Hall–Kier alpha value is -1.89. The third-order valence-electron chi connectivity index (χ3n) is 3.23. The number of amides is 1. The van der Waals surface area contributed by atoms with Crippen LogP contribution in [0.25, 0.3) is 0 Å². The zero-order chi connectivity index (χ0) is 17.0. The molecule has 2 aromatic rings. The lowest BCUT2D eigenvalue weighted by atomic mass is 10.2. The van der Waals surface area contributed by atoms with E-state index in [4.69, 9.17) is 11.6 Å². The van der Waals surface area contributed by atoms with Gasteiger partial charge in [0.1, 0.15) is 0 Å². The fraction of sp³-hybridized carbons (Fsp3) is 0.188. The van der Waals surface area contributed by atoms with E-state index in [1.807, 2.05) is 0 Å². The second kappa shape index (κ2) is 7.12. The maximum atomic E-state index is 12.2. The Morgan fingerprint density at radius 3 is 2.39 bits per heavy atom. The predicted octanol–water partition coefficient (Wildman–Crippen LogP) is 2.95. The highest BCUT2D eigenvalue weighted by atomic mass is 35.5. The Morgan fingerprint density at radius 2 is 1.78 bits per heavy atom. The lowest BCUT2D eigenvalue weighted by Gasteiger charge is -2.15. The first kappa shape index (κ1) is 17.5. The van der Waals surface area contributed by atoms with Crippen molar-refractivity contribution in [3.05, 3.63) is 59.1 Å². The predicted molar refractivity (Wildman–Crippen MR) is 91.0 cm³/mol. The van der Waals surface area contributed by atoms with Gasteiger partial charge in [0.25, 0.3) is 0 Å². The normalized spacial score (nSPS) is 12.7. The molecule has 0 spiro atoms. The number of hydrogen-bond donors (Lipinski definition) is 2. The monoisotopic (exact) mass is 352 g/mol. The van der Waals surface area contributed by atoms with Crippen molar-refractivity contribution in [3.63, 3.8) is 0 Å². The second-order valence-electron chi connectivity index (χ2n) is 5.10. The molecule has 0 bridgehead atoms. The molecule has 0 fully saturated rings. The molecule has 0 saturated heterocycles. The van der Waals surface area contributed by atoms with Gasteiger partial charge in [-0.2, -0.15) is 4.72 Å². The van der Waals surface area contributed by atoms with Crippen LogP contribution in [-0.4, -0.2) is 20.4 Å². The summed E-state index contributed by atoms with van der Waals surface area (Å²) < 4.78 is 26.8. The first-order valence-electron chi connectivity index (χ1n) is 6.94. The van der Waals surface area contributed by atoms with Crippen molar-refractivity contribution in [2.45, 2.75) is 24.8 Å². The van der Waals surface area contributed by atoms with Gasteiger partial charge in [-0.1, -0.05) is 29.8 Å². The standard InChI is InChI=1S/C16H17ClN2O3S/c1-11-10-13(17)8-9-15(11)18-16(20)12(2)19-23(21,22)14-6-4-3-5-7-14/h3-10,12,19H,1-2H3,(H,18,20)/t12-/m0/s1. The number of carbonyl (C=O) groups is 1. The molecule has 0 unspecified atom stereocenters. The number of benzene rings is 2. The van der Waals surface area contributed by atoms with E-state index in [1.54, 1.807) is 43.3 Å². The van der Waals surface area contributed by atoms with Crippen molar-refractivity contribution < 1.29 is 13.2 Å². The van der Waals surface area contributed by atoms with Crippen LogP contribution >= 0.6 is 11.6 Å². The first-order valence-corrected chi connectivity index (χ1v) is 8.80. The van der Waals surface area contributed by atoms with Gasteiger partial charge in [0, 0.05) is 10.7 Å². The number of rotatable bonds is 5. The first-order chi connectivity index (χ1) is 10.8. The summed E-state index contributed by atoms with van der Waals surface area (Å²) in [6.07, 6.45) is 0. The van der Waals surface area contributed by atoms with Gasteiger partial charge in [0.05, 0.1) is 10.9 Å². The third-order valence-corrected chi connectivity index (χ3v) is 5.02. The average Bonchev–Trinajstić information content (AvgIpc) is 2.50. The van der Waals surface area contributed by atoms with Crippen molar-refractivity contribution in [2.24, 2.45) is 0 Å². The van der Waals surface area contributed by atoms with Crippen LogP contribution in [0.4, 0.5) is 5.69 Å². The molecular formula is C16H17ClN2O3S. The Labute approximate surface area is 140 Å². The summed E-state index contributed by atoms with van der Waals surface area (Å²) in [6.45, 7) is 3.29. The minimum absolute atomic E-state index is 0.113. The van der Waals surface area contributed by atoms with Crippen molar-refractivity contribution in [2.75, 3.05) is 5.32 Å². The van der Waals surface area contributed by atoms with Gasteiger partial charge in [0.2, 0.25) is 15.9 Å². The summed E-state index contributed by atoms with van der Waals surface area (Å²) in [6, 6.07) is 12.0. The maximum absolute atomic E-state index is 12.2. The molecule has 0 aliphatic heterocycles. The lowest BCUT2D eigenvalue weighted by Crippen LogP contribution is -2.41. The summed E-state index contributed by atoms with van der Waals surface area (Å²) >= 11 is 5.87. The fourth-order valence-electron chi connectivity index (χ4n) is 1.96. The third kappa shape index (κ3) is 4.54. The molecule has 5 nitrogen and oxygen atoms in total. The van der Waals surface area contributed by atoms with Crippen LogP contribution < -0.4 is 10.0 Å². The smallest absolute Gasteiger partial charge is 0.242 e. The van der Waals surface area contributed by atoms with Gasteiger partial charge >= 0.3 is 0 Å². The Bertz CT molecular complexity index is 807. The molecule has 0 heterocycles. The van der Waals surface area contributed by atoms with E-state index in [1.165, 1.54) is 19.1 Å². The van der Waals surface area contributed by atoms with Gasteiger partial charge in [-0.15, -0.1) is 0 Å². The molecule has 1 atom stereocenters. The summed E-state index contributed by atoms with van der Waals surface area (Å²) in [5.41, 5.74) is 1.38. The molecule has 2 rings (SSSR count). The molecule has 2 N–H and O–H groups in total. The highest BCUT2D eigenvalue weighted by Crippen LogP contribution is 2.19. The highest BCUT2D eigenvalue weighted by molar-refractivity contribution is 7.89. The van der Waals surface area contributed by atoms with Gasteiger partial charge in [-0.25, -0.2) is 8.42 Å². The minimum atomic E-state index is -3.75. The Morgan fingerprint density at radius 1 is 1.13 bits per heavy atom. The zero-order valence-electron chi connectivity index (χ0n) is 12.7. The molecule has 7 heteroatoms. The van der Waals surface area contributed by atoms with E-state index in [-0.39, 0.29) is 4.90 Å². The van der Waals surface area contributed by atoms with E-state index in [2.05, 4.69) is 10.0 Å². The van der Waals surface area contributed by atoms with Gasteiger partial charge in [-0.05, 0) is 49.7 Å². The van der Waals surface area contributed by atoms with Crippen LogP contribution in [0.2, 0.25) is 5.02 Å². The molecule has 0 saturated carbocycles. The number of hydrogen-bond acceptors (Lipinski definition) is 3. The van der Waals surface area contributed by atoms with Crippen LogP contribution in [0.15, 0.2) is 53.4 Å². The van der Waals surface area contributed by atoms with Gasteiger partial charge in [-0.3, -0.25) is 4.79 Å². The summed E-state index contributed by atoms with van der Waals surface area (Å²) in [5.74, 6) is -0.449. The number of aryl methyl sites for hydroxylation is 1. The van der Waals surface area contributed by atoms with Gasteiger partial charge < -0.3 is 5.32 Å². The number of nitrogens with one attached hydrogen (secondary N) is 2.